The number of rotatable bonds is 17. The summed E-state index contributed by atoms with van der Waals surface area (Å²) in [5, 5.41) is 26.6. The Morgan fingerprint density at radius 2 is 1.94 bits per heavy atom. The van der Waals surface area contributed by atoms with Crippen LogP contribution in [0, 0.1) is 0 Å². The number of carboxylic acid groups (broad SMARTS) is 1. The monoisotopic (exact) mass is 502 g/mol. The summed E-state index contributed by atoms with van der Waals surface area (Å²) in [4.78, 5) is 31.6. The molecule has 1 aromatic rings. The van der Waals surface area contributed by atoms with Crippen LogP contribution in [0.3, 0.4) is 0 Å². The largest absolute Gasteiger partial charge is 0.480 e. The Labute approximate surface area is 216 Å². The molecule has 2 heterocycles. The Hall–Kier alpha value is -2.19. The average Bonchev–Trinajstić information content (AvgIpc) is 3.68. The van der Waals surface area contributed by atoms with Gasteiger partial charge < -0.3 is 25.7 Å². The zero-order chi connectivity index (χ0) is 26.0. The molecule has 0 spiro atoms. The van der Waals surface area contributed by atoms with Crippen molar-refractivity contribution in [3.8, 4) is 0 Å². The smallest absolute Gasteiger partial charge is 0.326 e. The van der Waals surface area contributed by atoms with Crippen LogP contribution in [0.2, 0.25) is 0 Å². The maximum Gasteiger partial charge on any atom is 0.326 e. The zero-order valence-corrected chi connectivity index (χ0v) is 22.2. The highest BCUT2D eigenvalue weighted by atomic mass is 16.4. The minimum Gasteiger partial charge on any atom is -0.480 e. The molecule has 1 unspecified atom stereocenters. The summed E-state index contributed by atoms with van der Waals surface area (Å²) in [5.74, 6) is -0.347. The van der Waals surface area contributed by atoms with Gasteiger partial charge in [0.15, 0.2) is 0 Å². The maximum atomic E-state index is 12.6. The standard InChI is InChI=1S/C28H46N4O4/c1-3-15-28(36,16-4-2)20-25(33)31-24(27(34)35)14-19-32(23-12-13-23)18-6-5-9-22-11-10-21-8-7-17-29-26(21)30-22/h10-11,23-24,36H,3-9,12-20H2,1-2H3,(H,29,30)(H,31,33)(H,34,35). The molecule has 0 aromatic carbocycles. The minimum absolute atomic E-state index is 0.0446. The van der Waals surface area contributed by atoms with Gasteiger partial charge in [-0.15, -0.1) is 0 Å². The second kappa shape index (κ2) is 13.9. The summed E-state index contributed by atoms with van der Waals surface area (Å²) in [7, 11) is 0. The molecule has 0 saturated heterocycles. The predicted octanol–water partition coefficient (Wildman–Crippen LogP) is 3.91. The van der Waals surface area contributed by atoms with Crippen molar-refractivity contribution in [2.24, 2.45) is 0 Å². The van der Waals surface area contributed by atoms with Gasteiger partial charge in [0, 0.05) is 24.8 Å². The van der Waals surface area contributed by atoms with Crippen LogP contribution in [-0.4, -0.2) is 69.3 Å². The van der Waals surface area contributed by atoms with E-state index in [1.807, 2.05) is 13.8 Å². The third-order valence-electron chi connectivity index (χ3n) is 7.40. The molecule has 1 aliphatic carbocycles. The molecule has 1 aromatic heterocycles. The van der Waals surface area contributed by atoms with Gasteiger partial charge in [0.2, 0.25) is 5.91 Å². The van der Waals surface area contributed by atoms with Crippen LogP contribution < -0.4 is 10.6 Å². The third-order valence-corrected chi connectivity index (χ3v) is 7.40. The number of pyridine rings is 1. The van der Waals surface area contributed by atoms with Crippen LogP contribution in [0.25, 0.3) is 0 Å². The third kappa shape index (κ3) is 9.04. The lowest BCUT2D eigenvalue weighted by Crippen LogP contribution is -2.46. The van der Waals surface area contributed by atoms with E-state index in [1.54, 1.807) is 0 Å². The quantitative estimate of drug-likeness (QED) is 0.239. The predicted molar refractivity (Wildman–Crippen MR) is 142 cm³/mol. The van der Waals surface area contributed by atoms with Crippen LogP contribution in [-0.2, 0) is 22.4 Å². The fourth-order valence-electron chi connectivity index (χ4n) is 5.37. The molecule has 1 fully saturated rings. The molecule has 2 aliphatic rings. The minimum atomic E-state index is -1.06. The molecule has 3 rings (SSSR count). The maximum absolute atomic E-state index is 12.6. The molecular formula is C28H46N4O4. The normalized spacial score (nSPS) is 16.3. The Kier molecular flexibility index (Phi) is 11.0. The van der Waals surface area contributed by atoms with Crippen molar-refractivity contribution in [2.75, 3.05) is 25.0 Å². The summed E-state index contributed by atoms with van der Waals surface area (Å²) < 4.78 is 0. The van der Waals surface area contributed by atoms with Gasteiger partial charge in [0.25, 0.3) is 0 Å². The number of hydrogen-bond acceptors (Lipinski definition) is 6. The van der Waals surface area contributed by atoms with Crippen molar-refractivity contribution in [3.05, 3.63) is 23.4 Å². The summed E-state index contributed by atoms with van der Waals surface area (Å²) in [6.45, 7) is 6.53. The molecule has 1 amide bonds. The van der Waals surface area contributed by atoms with Gasteiger partial charge in [0.05, 0.1) is 12.0 Å². The number of fused-ring (bicyclic) bond motifs is 1. The van der Waals surface area contributed by atoms with Crippen LogP contribution in [0.4, 0.5) is 5.82 Å². The first kappa shape index (κ1) is 28.4. The van der Waals surface area contributed by atoms with Crippen molar-refractivity contribution in [1.29, 1.82) is 0 Å². The fourth-order valence-corrected chi connectivity index (χ4v) is 5.37. The second-order valence-electron chi connectivity index (χ2n) is 10.7. The van der Waals surface area contributed by atoms with E-state index in [2.05, 4.69) is 27.7 Å². The number of aromatic nitrogens is 1. The van der Waals surface area contributed by atoms with E-state index in [9.17, 15) is 19.8 Å². The molecule has 1 aliphatic heterocycles. The van der Waals surface area contributed by atoms with Crippen molar-refractivity contribution in [2.45, 2.75) is 115 Å². The van der Waals surface area contributed by atoms with Crippen LogP contribution in [0.15, 0.2) is 12.1 Å². The number of aryl methyl sites for hydroxylation is 2. The second-order valence-corrected chi connectivity index (χ2v) is 10.7. The van der Waals surface area contributed by atoms with Gasteiger partial charge in [-0.05, 0) is 82.4 Å². The van der Waals surface area contributed by atoms with Gasteiger partial charge in [-0.3, -0.25) is 4.79 Å². The van der Waals surface area contributed by atoms with Gasteiger partial charge in [-0.25, -0.2) is 9.78 Å². The van der Waals surface area contributed by atoms with Crippen LogP contribution in [0.1, 0.15) is 95.7 Å². The number of hydrogen-bond donors (Lipinski definition) is 4. The van der Waals surface area contributed by atoms with E-state index >= 15 is 0 Å². The van der Waals surface area contributed by atoms with Crippen molar-refractivity contribution in [3.63, 3.8) is 0 Å². The molecule has 0 bridgehead atoms. The fraction of sp³-hybridized carbons (Fsp3) is 0.750. The van der Waals surface area contributed by atoms with Gasteiger partial charge in [0.1, 0.15) is 11.9 Å². The number of aliphatic hydroxyl groups is 1. The molecule has 36 heavy (non-hydrogen) atoms. The highest BCUT2D eigenvalue weighted by Gasteiger charge is 2.32. The van der Waals surface area contributed by atoms with Crippen LogP contribution >= 0.6 is 0 Å². The lowest BCUT2D eigenvalue weighted by Gasteiger charge is -2.28. The van der Waals surface area contributed by atoms with E-state index < -0.39 is 17.6 Å². The number of nitrogens with one attached hydrogen (secondary N) is 2. The number of aliphatic carboxylic acids is 1. The summed E-state index contributed by atoms with van der Waals surface area (Å²) >= 11 is 0. The van der Waals surface area contributed by atoms with E-state index in [0.29, 0.717) is 31.8 Å². The van der Waals surface area contributed by atoms with Crippen molar-refractivity contribution >= 4 is 17.7 Å². The summed E-state index contributed by atoms with van der Waals surface area (Å²) in [5.41, 5.74) is 1.38. The number of carbonyl (C=O) groups is 2. The lowest BCUT2D eigenvalue weighted by atomic mass is 9.89. The first-order valence-electron chi connectivity index (χ1n) is 14.0. The van der Waals surface area contributed by atoms with E-state index in [0.717, 1.165) is 82.4 Å². The first-order valence-corrected chi connectivity index (χ1v) is 14.0. The number of amides is 1. The first-order chi connectivity index (χ1) is 17.3. The number of carbonyl (C=O) groups excluding carboxylic acids is 1. The van der Waals surface area contributed by atoms with E-state index in [4.69, 9.17) is 4.98 Å². The molecule has 1 atom stereocenters. The topological polar surface area (TPSA) is 115 Å². The zero-order valence-electron chi connectivity index (χ0n) is 22.2. The van der Waals surface area contributed by atoms with E-state index in [-0.39, 0.29) is 12.3 Å². The molecule has 4 N–H and O–H groups in total. The molecule has 202 valence electrons. The highest BCUT2D eigenvalue weighted by molar-refractivity contribution is 5.84. The molecule has 8 heteroatoms. The SMILES string of the molecule is CCCC(O)(CCC)CC(=O)NC(CCN(CCCCc1ccc2c(n1)NCCC2)C1CC1)C(=O)O. The summed E-state index contributed by atoms with van der Waals surface area (Å²) in [6, 6.07) is 3.94. The number of carboxylic acids is 1. The highest BCUT2D eigenvalue weighted by Crippen LogP contribution is 2.28. The van der Waals surface area contributed by atoms with Crippen LogP contribution in [0.5, 0.6) is 0 Å². The summed E-state index contributed by atoms with van der Waals surface area (Å²) in [6.07, 6.45) is 10.6. The Bertz CT molecular complexity index is 852. The molecule has 0 radical (unpaired) electrons. The lowest BCUT2D eigenvalue weighted by molar-refractivity contribution is -0.143. The number of anilines is 1. The molecule has 1 saturated carbocycles. The van der Waals surface area contributed by atoms with E-state index in [1.165, 1.54) is 5.56 Å². The van der Waals surface area contributed by atoms with Crippen molar-refractivity contribution < 1.29 is 19.8 Å². The molecule has 8 nitrogen and oxygen atoms in total. The average molecular weight is 503 g/mol. The Morgan fingerprint density at radius 3 is 2.61 bits per heavy atom. The number of unbranched alkanes of at least 4 members (excludes halogenated alkanes) is 1. The van der Waals surface area contributed by atoms with Gasteiger partial charge in [-0.2, -0.15) is 0 Å². The van der Waals surface area contributed by atoms with Gasteiger partial charge in [-0.1, -0.05) is 32.8 Å². The van der Waals surface area contributed by atoms with Crippen molar-refractivity contribution in [1.82, 2.24) is 15.2 Å². The van der Waals surface area contributed by atoms with Gasteiger partial charge >= 0.3 is 5.97 Å². The Morgan fingerprint density at radius 1 is 1.19 bits per heavy atom. The Balaban J connectivity index is 1.43. The molecular weight excluding hydrogens is 456 g/mol. The number of nitrogens with zero attached hydrogens (tertiary/aromatic N) is 2.